The molecule has 18 heavy (non-hydrogen) atoms. The molecule has 0 atom stereocenters. The van der Waals surface area contributed by atoms with Crippen molar-refractivity contribution in [3.8, 4) is 0 Å². The molecule has 0 saturated carbocycles. The third-order valence-electron chi connectivity index (χ3n) is 2.26. The first-order valence-corrected chi connectivity index (χ1v) is 7.29. The van der Waals surface area contributed by atoms with Crippen molar-refractivity contribution in [1.29, 1.82) is 0 Å². The monoisotopic (exact) mass is 287 g/mol. The number of nitrogens with one attached hydrogen (secondary N) is 1. The van der Waals surface area contributed by atoms with Gasteiger partial charge in [-0.2, -0.15) is 0 Å². The van der Waals surface area contributed by atoms with E-state index in [0.717, 1.165) is 24.7 Å². The minimum absolute atomic E-state index is 0.159. The van der Waals surface area contributed by atoms with E-state index < -0.39 is 0 Å². The quantitative estimate of drug-likeness (QED) is 0.632. The largest absolute Gasteiger partial charge is 0.383 e. The number of hydrogen-bond acceptors (Lipinski definition) is 3. The summed E-state index contributed by atoms with van der Waals surface area (Å²) in [5.74, 6) is 0. The second kappa shape index (κ2) is 7.39. The zero-order chi connectivity index (χ0) is 13.6. The Kier molecular flexibility index (Phi) is 6.50. The molecule has 102 valence electrons. The minimum atomic E-state index is 0.159. The molecule has 1 rings (SSSR count). The maximum Gasteiger partial charge on any atom is 0.0587 e. The molecule has 0 amide bonds. The van der Waals surface area contributed by atoms with E-state index in [1.165, 1.54) is 10.5 Å². The van der Waals surface area contributed by atoms with Gasteiger partial charge in [0.15, 0.2) is 0 Å². The van der Waals surface area contributed by atoms with Crippen LogP contribution in [0.5, 0.6) is 0 Å². The van der Waals surface area contributed by atoms with Gasteiger partial charge in [-0.15, -0.1) is 11.8 Å². The molecule has 0 spiro atoms. The van der Waals surface area contributed by atoms with Crippen molar-refractivity contribution in [2.45, 2.75) is 37.0 Å². The topological polar surface area (TPSA) is 21.3 Å². The predicted octanol–water partition coefficient (Wildman–Crippen LogP) is 3.97. The van der Waals surface area contributed by atoms with Crippen molar-refractivity contribution in [1.82, 2.24) is 5.32 Å². The van der Waals surface area contributed by atoms with Crippen LogP contribution in [0.15, 0.2) is 23.1 Å². The molecule has 1 N–H and O–H groups in total. The van der Waals surface area contributed by atoms with E-state index in [4.69, 9.17) is 16.3 Å². The maximum atomic E-state index is 6.30. The number of rotatable bonds is 6. The molecule has 0 radical (unpaired) electrons. The second-order valence-corrected chi connectivity index (χ2v) is 7.36. The third-order valence-corrected chi connectivity index (χ3v) is 3.98. The Morgan fingerprint density at radius 1 is 1.33 bits per heavy atom. The third kappa shape index (κ3) is 5.61. The highest BCUT2D eigenvalue weighted by atomic mass is 35.5. The molecule has 0 fully saturated rings. The second-order valence-electron chi connectivity index (χ2n) is 5.11. The van der Waals surface area contributed by atoms with E-state index in [-0.39, 0.29) is 4.75 Å². The summed E-state index contributed by atoms with van der Waals surface area (Å²) < 4.78 is 5.18. The molecule has 2 nitrogen and oxygen atoms in total. The summed E-state index contributed by atoms with van der Waals surface area (Å²) in [4.78, 5) is 1.18. The molecular weight excluding hydrogens is 266 g/mol. The molecule has 0 aliphatic heterocycles. The first kappa shape index (κ1) is 15.8. The lowest BCUT2D eigenvalue weighted by Gasteiger charge is -2.21. The number of methoxy groups -OCH3 is 1. The van der Waals surface area contributed by atoms with Crippen LogP contribution in [0, 0.1) is 0 Å². The summed E-state index contributed by atoms with van der Waals surface area (Å²) in [6, 6.07) is 6.08. The highest BCUT2D eigenvalue weighted by molar-refractivity contribution is 8.00. The summed E-state index contributed by atoms with van der Waals surface area (Å²) in [6.45, 7) is 8.99. The highest BCUT2D eigenvalue weighted by Gasteiger charge is 2.17. The lowest BCUT2D eigenvalue weighted by atomic mass is 10.2. The van der Waals surface area contributed by atoms with Crippen molar-refractivity contribution < 1.29 is 4.74 Å². The van der Waals surface area contributed by atoms with Gasteiger partial charge in [0.25, 0.3) is 0 Å². The fraction of sp³-hybridized carbons (Fsp3) is 0.571. The molecule has 0 heterocycles. The summed E-state index contributed by atoms with van der Waals surface area (Å²) in [5, 5.41) is 4.19. The van der Waals surface area contributed by atoms with Crippen molar-refractivity contribution in [3.05, 3.63) is 28.8 Å². The lowest BCUT2D eigenvalue weighted by molar-refractivity contribution is 0.199. The van der Waals surface area contributed by atoms with Gasteiger partial charge in [-0.3, -0.25) is 0 Å². The fourth-order valence-corrected chi connectivity index (χ4v) is 2.87. The van der Waals surface area contributed by atoms with Gasteiger partial charge in [-0.25, -0.2) is 0 Å². The molecule has 1 aromatic carbocycles. The summed E-state index contributed by atoms with van der Waals surface area (Å²) in [5.41, 5.74) is 1.25. The van der Waals surface area contributed by atoms with E-state index in [2.05, 4.69) is 32.2 Å². The summed E-state index contributed by atoms with van der Waals surface area (Å²) in [7, 11) is 1.71. The van der Waals surface area contributed by atoms with E-state index >= 15 is 0 Å². The molecule has 0 aliphatic rings. The fourth-order valence-electron chi connectivity index (χ4n) is 1.51. The Morgan fingerprint density at radius 2 is 2.06 bits per heavy atom. The average Bonchev–Trinajstić information content (AvgIpc) is 2.27. The summed E-state index contributed by atoms with van der Waals surface area (Å²) >= 11 is 8.12. The maximum absolute atomic E-state index is 6.30. The van der Waals surface area contributed by atoms with Gasteiger partial charge >= 0.3 is 0 Å². The zero-order valence-corrected chi connectivity index (χ0v) is 13.1. The van der Waals surface area contributed by atoms with Gasteiger partial charge in [-0.1, -0.05) is 44.5 Å². The van der Waals surface area contributed by atoms with Crippen LogP contribution in [0.25, 0.3) is 0 Å². The Morgan fingerprint density at radius 3 is 2.67 bits per heavy atom. The van der Waals surface area contributed by atoms with E-state index in [1.54, 1.807) is 7.11 Å². The smallest absolute Gasteiger partial charge is 0.0587 e. The number of benzene rings is 1. The molecule has 0 aromatic heterocycles. The van der Waals surface area contributed by atoms with Gasteiger partial charge in [-0.05, 0) is 11.6 Å². The molecule has 0 bridgehead atoms. The van der Waals surface area contributed by atoms with Gasteiger partial charge in [0.2, 0.25) is 0 Å². The molecule has 0 unspecified atom stereocenters. The van der Waals surface area contributed by atoms with Crippen LogP contribution in [0.3, 0.4) is 0 Å². The molecular formula is C14H22ClNOS. The Labute approximate surface area is 119 Å². The van der Waals surface area contributed by atoms with Crippen LogP contribution in [0.2, 0.25) is 5.02 Å². The standard InChI is InChI=1S/C14H22ClNOS/c1-14(2,3)18-13-11(6-5-7-12(13)15)10-16-8-9-17-4/h5-7,16H,8-10H2,1-4H3. The first-order chi connectivity index (χ1) is 8.44. The number of hydrogen-bond donors (Lipinski definition) is 1. The van der Waals surface area contributed by atoms with Gasteiger partial charge < -0.3 is 10.1 Å². The van der Waals surface area contributed by atoms with Crippen LogP contribution in [0.4, 0.5) is 0 Å². The predicted molar refractivity (Wildman–Crippen MR) is 80.6 cm³/mol. The molecule has 0 saturated heterocycles. The van der Waals surface area contributed by atoms with Gasteiger partial charge in [0.05, 0.1) is 11.6 Å². The number of halogens is 1. The Balaban J connectivity index is 2.74. The molecule has 1 aromatic rings. The molecule has 0 aliphatic carbocycles. The van der Waals surface area contributed by atoms with Crippen molar-refractivity contribution in [2.75, 3.05) is 20.3 Å². The van der Waals surface area contributed by atoms with E-state index in [9.17, 15) is 0 Å². The number of thioether (sulfide) groups is 1. The van der Waals surface area contributed by atoms with Crippen molar-refractivity contribution >= 4 is 23.4 Å². The SMILES string of the molecule is COCCNCc1cccc(Cl)c1SC(C)(C)C. The number of ether oxygens (including phenoxy) is 1. The van der Waals surface area contributed by atoms with Crippen molar-refractivity contribution in [2.24, 2.45) is 0 Å². The van der Waals surface area contributed by atoms with Crippen LogP contribution in [-0.4, -0.2) is 25.0 Å². The molecule has 4 heteroatoms. The minimum Gasteiger partial charge on any atom is -0.383 e. The van der Waals surface area contributed by atoms with Crippen LogP contribution < -0.4 is 5.32 Å². The van der Waals surface area contributed by atoms with Crippen molar-refractivity contribution in [3.63, 3.8) is 0 Å². The Bertz CT molecular complexity index is 377. The normalized spacial score (nSPS) is 11.8. The first-order valence-electron chi connectivity index (χ1n) is 6.10. The van der Waals surface area contributed by atoms with Crippen LogP contribution in [-0.2, 0) is 11.3 Å². The van der Waals surface area contributed by atoms with Gasteiger partial charge in [0, 0.05) is 29.8 Å². The lowest BCUT2D eigenvalue weighted by Crippen LogP contribution is -2.19. The highest BCUT2D eigenvalue weighted by Crippen LogP contribution is 2.38. The van der Waals surface area contributed by atoms with Gasteiger partial charge in [0.1, 0.15) is 0 Å². The Hall–Kier alpha value is -0.220. The van der Waals surface area contributed by atoms with Crippen LogP contribution >= 0.6 is 23.4 Å². The summed E-state index contributed by atoms with van der Waals surface area (Å²) in [6.07, 6.45) is 0. The van der Waals surface area contributed by atoms with E-state index in [1.807, 2.05) is 23.9 Å². The zero-order valence-electron chi connectivity index (χ0n) is 11.5. The van der Waals surface area contributed by atoms with Crippen LogP contribution in [0.1, 0.15) is 26.3 Å². The average molecular weight is 288 g/mol. The van der Waals surface area contributed by atoms with E-state index in [0.29, 0.717) is 0 Å².